The van der Waals surface area contributed by atoms with Gasteiger partial charge < -0.3 is 4.74 Å². The number of hydrogen-bond donors (Lipinski definition) is 0. The molecule has 1 heterocycles. The molecule has 1 fully saturated rings. The van der Waals surface area contributed by atoms with Crippen molar-refractivity contribution >= 4 is 51.7 Å². The van der Waals surface area contributed by atoms with Crippen molar-refractivity contribution in [2.75, 3.05) is 11.5 Å². The van der Waals surface area contributed by atoms with Crippen molar-refractivity contribution in [2.24, 2.45) is 5.92 Å². The monoisotopic (exact) mass is 414 g/mol. The van der Waals surface area contributed by atoms with E-state index in [9.17, 15) is 14.9 Å². The molecule has 1 aliphatic rings. The third-order valence-corrected chi connectivity index (χ3v) is 5.19. The molecule has 2 aromatic carbocycles. The van der Waals surface area contributed by atoms with Crippen LogP contribution in [-0.2, 0) is 4.79 Å². The summed E-state index contributed by atoms with van der Waals surface area (Å²) in [6, 6.07) is 13.3. The van der Waals surface area contributed by atoms with Crippen molar-refractivity contribution in [1.82, 2.24) is 0 Å². The highest BCUT2D eigenvalue weighted by Crippen LogP contribution is 2.37. The molecule has 0 bridgehead atoms. The van der Waals surface area contributed by atoms with E-state index in [0.717, 1.165) is 5.56 Å². The van der Waals surface area contributed by atoms with Gasteiger partial charge in [-0.3, -0.25) is 19.8 Å². The highest BCUT2D eigenvalue weighted by atomic mass is 32.2. The number of nitro benzene ring substituents is 1. The Labute approximate surface area is 172 Å². The third kappa shape index (κ3) is 4.40. The molecule has 28 heavy (non-hydrogen) atoms. The molecule has 144 valence electrons. The topological polar surface area (TPSA) is 72.7 Å². The second kappa shape index (κ2) is 8.53. The van der Waals surface area contributed by atoms with E-state index < -0.39 is 4.92 Å². The summed E-state index contributed by atoms with van der Waals surface area (Å²) in [5, 5.41) is 10.8. The minimum atomic E-state index is -0.484. The van der Waals surface area contributed by atoms with Crippen LogP contribution >= 0.6 is 24.0 Å². The third-order valence-electron chi connectivity index (χ3n) is 3.89. The molecule has 0 N–H and O–H groups in total. The van der Waals surface area contributed by atoms with Crippen LogP contribution in [0.4, 0.5) is 11.4 Å². The molecule has 0 atom stereocenters. The van der Waals surface area contributed by atoms with Crippen molar-refractivity contribution in [2.45, 2.75) is 13.8 Å². The fourth-order valence-corrected chi connectivity index (χ4v) is 3.83. The molecular weight excluding hydrogens is 396 g/mol. The molecule has 1 amide bonds. The van der Waals surface area contributed by atoms with Gasteiger partial charge in [0.15, 0.2) is 4.32 Å². The van der Waals surface area contributed by atoms with Crippen LogP contribution in [0.2, 0.25) is 0 Å². The van der Waals surface area contributed by atoms with Crippen molar-refractivity contribution in [3.8, 4) is 5.75 Å². The lowest BCUT2D eigenvalue weighted by Gasteiger charge is -2.14. The molecule has 1 aliphatic heterocycles. The van der Waals surface area contributed by atoms with Crippen LogP contribution < -0.4 is 9.64 Å². The number of amides is 1. The Hall–Kier alpha value is -2.71. The number of non-ortho nitro benzene ring substituents is 1. The van der Waals surface area contributed by atoms with Crippen molar-refractivity contribution < 1.29 is 14.5 Å². The summed E-state index contributed by atoms with van der Waals surface area (Å²) in [4.78, 5) is 25.1. The SMILES string of the molecule is CC(C)COc1ccccc1/C=C1\SC(=S)N(c2ccc([N+](=O)[O-])cc2)C1=O. The van der Waals surface area contributed by atoms with Crippen molar-refractivity contribution in [3.05, 3.63) is 69.1 Å². The van der Waals surface area contributed by atoms with Crippen LogP contribution in [0, 0.1) is 16.0 Å². The van der Waals surface area contributed by atoms with Gasteiger partial charge in [0, 0.05) is 17.7 Å². The number of thioether (sulfide) groups is 1. The predicted molar refractivity (Wildman–Crippen MR) is 116 cm³/mol. The van der Waals surface area contributed by atoms with E-state index in [1.807, 2.05) is 24.3 Å². The fraction of sp³-hybridized carbons (Fsp3) is 0.200. The summed E-state index contributed by atoms with van der Waals surface area (Å²) in [5.41, 5.74) is 1.26. The van der Waals surface area contributed by atoms with Crippen LogP contribution in [0.1, 0.15) is 19.4 Å². The molecule has 8 heteroatoms. The molecule has 1 saturated heterocycles. The molecule has 0 radical (unpaired) electrons. The summed E-state index contributed by atoms with van der Waals surface area (Å²) >= 11 is 6.55. The van der Waals surface area contributed by atoms with Gasteiger partial charge >= 0.3 is 0 Å². The van der Waals surface area contributed by atoms with Gasteiger partial charge in [-0.05, 0) is 30.2 Å². The van der Waals surface area contributed by atoms with Crippen LogP contribution in [-0.4, -0.2) is 21.8 Å². The number of carbonyl (C=O) groups is 1. The molecule has 6 nitrogen and oxygen atoms in total. The van der Waals surface area contributed by atoms with E-state index in [0.29, 0.717) is 33.2 Å². The second-order valence-corrected chi connectivity index (χ2v) is 8.21. The number of carbonyl (C=O) groups excluding carboxylic acids is 1. The maximum atomic E-state index is 12.9. The molecule has 0 aliphatic carbocycles. The smallest absolute Gasteiger partial charge is 0.270 e. The van der Waals surface area contributed by atoms with Gasteiger partial charge in [0.1, 0.15) is 5.75 Å². The predicted octanol–water partition coefficient (Wildman–Crippen LogP) is 5.04. The zero-order valence-corrected chi connectivity index (χ0v) is 17.0. The number of para-hydroxylation sites is 1. The van der Waals surface area contributed by atoms with Gasteiger partial charge in [0.05, 0.1) is 22.1 Å². The summed E-state index contributed by atoms with van der Waals surface area (Å²) in [7, 11) is 0. The zero-order chi connectivity index (χ0) is 20.3. The van der Waals surface area contributed by atoms with Crippen LogP contribution in [0.15, 0.2) is 53.4 Å². The number of hydrogen-bond acceptors (Lipinski definition) is 6. The van der Waals surface area contributed by atoms with Crippen LogP contribution in [0.25, 0.3) is 6.08 Å². The standard InChI is InChI=1S/C20H18N2O4S2/c1-13(2)12-26-17-6-4-3-5-14(17)11-18-19(23)21(20(27)28-18)15-7-9-16(10-8-15)22(24)25/h3-11,13H,12H2,1-2H3/b18-11-. The highest BCUT2D eigenvalue weighted by molar-refractivity contribution is 8.27. The number of nitro groups is 1. The molecular formula is C20H18N2O4S2. The summed E-state index contributed by atoms with van der Waals surface area (Å²) in [6.07, 6.45) is 1.76. The quantitative estimate of drug-likeness (QED) is 0.285. The van der Waals surface area contributed by atoms with E-state index in [1.165, 1.54) is 40.9 Å². The largest absolute Gasteiger partial charge is 0.493 e. The van der Waals surface area contributed by atoms with Crippen molar-refractivity contribution in [3.63, 3.8) is 0 Å². The molecule has 3 rings (SSSR count). The van der Waals surface area contributed by atoms with Gasteiger partial charge in [-0.1, -0.05) is 56.0 Å². The van der Waals surface area contributed by atoms with Crippen LogP contribution in [0.5, 0.6) is 5.75 Å². The summed E-state index contributed by atoms with van der Waals surface area (Å²) in [5.74, 6) is 0.827. The van der Waals surface area contributed by atoms with E-state index >= 15 is 0 Å². The summed E-state index contributed by atoms with van der Waals surface area (Å²) in [6.45, 7) is 4.71. The Kier molecular flexibility index (Phi) is 6.11. The van der Waals surface area contributed by atoms with E-state index in [1.54, 1.807) is 6.08 Å². The van der Waals surface area contributed by atoms with Gasteiger partial charge in [-0.2, -0.15) is 0 Å². The second-order valence-electron chi connectivity index (χ2n) is 6.53. The Morgan fingerprint density at radius 2 is 1.89 bits per heavy atom. The van der Waals surface area contributed by atoms with Crippen LogP contribution in [0.3, 0.4) is 0 Å². The summed E-state index contributed by atoms with van der Waals surface area (Å²) < 4.78 is 6.22. The van der Waals surface area contributed by atoms with E-state index in [2.05, 4.69) is 13.8 Å². The first-order valence-corrected chi connectivity index (χ1v) is 9.83. The Morgan fingerprint density at radius 3 is 2.54 bits per heavy atom. The van der Waals surface area contributed by atoms with Gasteiger partial charge in [0.25, 0.3) is 11.6 Å². The highest BCUT2D eigenvalue weighted by Gasteiger charge is 2.33. The normalized spacial score (nSPS) is 15.5. The lowest BCUT2D eigenvalue weighted by Crippen LogP contribution is -2.27. The van der Waals surface area contributed by atoms with Gasteiger partial charge in [-0.25, -0.2) is 0 Å². The number of thiocarbonyl (C=S) groups is 1. The number of anilines is 1. The zero-order valence-electron chi connectivity index (χ0n) is 15.3. The molecule has 0 unspecified atom stereocenters. The average molecular weight is 415 g/mol. The number of benzene rings is 2. The fourth-order valence-electron chi connectivity index (χ4n) is 2.54. The first kappa shape index (κ1) is 20.0. The average Bonchev–Trinajstić information content (AvgIpc) is 2.94. The van der Waals surface area contributed by atoms with E-state index in [-0.39, 0.29) is 11.6 Å². The lowest BCUT2D eigenvalue weighted by atomic mass is 10.1. The van der Waals surface area contributed by atoms with Crippen molar-refractivity contribution in [1.29, 1.82) is 0 Å². The number of ether oxygens (including phenoxy) is 1. The first-order chi connectivity index (χ1) is 13.4. The number of rotatable bonds is 6. The first-order valence-electron chi connectivity index (χ1n) is 8.61. The molecule has 0 spiro atoms. The van der Waals surface area contributed by atoms with Gasteiger partial charge in [0.2, 0.25) is 0 Å². The molecule has 2 aromatic rings. The Bertz CT molecular complexity index is 955. The Morgan fingerprint density at radius 1 is 1.21 bits per heavy atom. The lowest BCUT2D eigenvalue weighted by molar-refractivity contribution is -0.384. The molecule has 0 aromatic heterocycles. The number of nitrogens with zero attached hydrogens (tertiary/aromatic N) is 2. The van der Waals surface area contributed by atoms with Gasteiger partial charge in [-0.15, -0.1) is 0 Å². The maximum Gasteiger partial charge on any atom is 0.270 e. The minimum absolute atomic E-state index is 0.0408. The maximum absolute atomic E-state index is 12.9. The Balaban J connectivity index is 1.86. The molecule has 0 saturated carbocycles. The minimum Gasteiger partial charge on any atom is -0.493 e. The van der Waals surface area contributed by atoms with E-state index in [4.69, 9.17) is 17.0 Å².